The molecule has 2 amide bonds. The van der Waals surface area contributed by atoms with Crippen LogP contribution in [0.2, 0.25) is 0 Å². The number of likely N-dealkylation sites (tertiary alicyclic amines) is 1. The van der Waals surface area contributed by atoms with Crippen LogP contribution >= 0.6 is 0 Å². The van der Waals surface area contributed by atoms with Crippen LogP contribution in [-0.4, -0.2) is 59.6 Å². The largest absolute Gasteiger partial charge is 0.468 e. The van der Waals surface area contributed by atoms with Crippen molar-refractivity contribution in [2.45, 2.75) is 58.4 Å². The minimum Gasteiger partial charge on any atom is -0.468 e. The molecule has 3 aromatic carbocycles. The predicted molar refractivity (Wildman–Crippen MR) is 188 cm³/mol. The maximum atomic E-state index is 14.2. The van der Waals surface area contributed by atoms with Gasteiger partial charge in [0.15, 0.2) is 0 Å². The van der Waals surface area contributed by atoms with E-state index in [9.17, 15) is 24.5 Å². The van der Waals surface area contributed by atoms with Crippen LogP contribution in [0.5, 0.6) is 0 Å². The molecule has 0 radical (unpaired) electrons. The summed E-state index contributed by atoms with van der Waals surface area (Å²) in [5, 5.41) is 14.6. The minimum absolute atomic E-state index is 0.164. The van der Waals surface area contributed by atoms with Crippen molar-refractivity contribution in [3.8, 4) is 0 Å². The number of nitro groups is 1. The van der Waals surface area contributed by atoms with Crippen molar-refractivity contribution in [3.05, 3.63) is 123 Å². The molecule has 10 heteroatoms. The number of amides is 2. The first-order chi connectivity index (χ1) is 23.5. The van der Waals surface area contributed by atoms with Gasteiger partial charge in [-0.2, -0.15) is 0 Å². The van der Waals surface area contributed by atoms with Crippen molar-refractivity contribution in [2.24, 2.45) is 22.7 Å². The molecule has 1 fully saturated rings. The van der Waals surface area contributed by atoms with Crippen LogP contribution in [0.25, 0.3) is 0 Å². The molecule has 49 heavy (non-hydrogen) atoms. The topological polar surface area (TPSA) is 131 Å². The van der Waals surface area contributed by atoms with Gasteiger partial charge in [0.25, 0.3) is 5.69 Å². The molecule has 3 atom stereocenters. The molecular formula is C39H44N4O6. The first-order valence-electron chi connectivity index (χ1n) is 16.8. The van der Waals surface area contributed by atoms with Gasteiger partial charge in [0.05, 0.1) is 12.0 Å². The SMILES string of the molecule is COC(=O)C1C(C)=NC(C)=C(C(=O)NC(C(=O)N2CCC(C(c3ccccc3)c3ccccc3)CC2)C(C)C)C1c1cccc([N+](=O)[O-])c1. The van der Waals surface area contributed by atoms with Crippen LogP contribution < -0.4 is 5.32 Å². The number of aliphatic imine (C=N–C) groups is 1. The number of piperidine rings is 1. The van der Waals surface area contributed by atoms with E-state index in [1.807, 2.05) is 30.9 Å². The average molecular weight is 665 g/mol. The molecule has 2 aliphatic rings. The first kappa shape index (κ1) is 35.2. The molecule has 0 spiro atoms. The van der Waals surface area contributed by atoms with Crippen molar-refractivity contribution in [1.82, 2.24) is 10.2 Å². The van der Waals surface area contributed by atoms with Crippen molar-refractivity contribution in [2.75, 3.05) is 20.2 Å². The number of methoxy groups -OCH3 is 1. The summed E-state index contributed by atoms with van der Waals surface area (Å²) in [4.78, 5) is 59.0. The van der Waals surface area contributed by atoms with Gasteiger partial charge in [0.1, 0.15) is 12.0 Å². The summed E-state index contributed by atoms with van der Waals surface area (Å²) in [6.45, 7) is 8.24. The third-order valence-electron chi connectivity index (χ3n) is 9.83. The summed E-state index contributed by atoms with van der Waals surface area (Å²) in [5.74, 6) is -2.90. The second-order valence-electron chi connectivity index (χ2n) is 13.2. The third-order valence-corrected chi connectivity index (χ3v) is 9.83. The highest BCUT2D eigenvalue weighted by Crippen LogP contribution is 2.41. The van der Waals surface area contributed by atoms with Gasteiger partial charge in [-0.3, -0.25) is 29.5 Å². The lowest BCUT2D eigenvalue weighted by Crippen LogP contribution is -2.54. The number of nitrogens with zero attached hydrogens (tertiary/aromatic N) is 3. The number of allylic oxidation sites excluding steroid dienone is 1. The maximum Gasteiger partial charge on any atom is 0.315 e. The summed E-state index contributed by atoms with van der Waals surface area (Å²) in [6, 6.07) is 26.0. The molecule has 2 heterocycles. The van der Waals surface area contributed by atoms with E-state index < -0.39 is 34.7 Å². The number of nitro benzene ring substituents is 1. The molecule has 0 bridgehead atoms. The van der Waals surface area contributed by atoms with E-state index in [1.54, 1.807) is 19.9 Å². The van der Waals surface area contributed by atoms with Crippen LogP contribution in [0.15, 0.2) is 101 Å². The zero-order valence-corrected chi connectivity index (χ0v) is 28.7. The average Bonchev–Trinajstić information content (AvgIpc) is 3.11. The first-order valence-corrected chi connectivity index (χ1v) is 16.8. The molecule has 0 aliphatic carbocycles. The van der Waals surface area contributed by atoms with E-state index in [0.29, 0.717) is 36.0 Å². The standard InChI is InChI=1S/C39H44N4O6/c1-24(2)36(38(45)42-21-19-29(20-22-42)34(27-13-8-6-9-14-27)28-15-10-7-11-16-28)41-37(44)32-25(3)40-26(4)33(39(46)49-5)35(32)30-17-12-18-31(23-30)43(47)48/h6-18,23-24,29,33-36H,19-22H2,1-5H3,(H,41,44). The summed E-state index contributed by atoms with van der Waals surface area (Å²) in [7, 11) is 1.25. The molecule has 0 aromatic heterocycles. The fraction of sp³-hybridized carbons (Fsp3) is 0.385. The van der Waals surface area contributed by atoms with Gasteiger partial charge in [0, 0.05) is 54.0 Å². The third kappa shape index (κ3) is 7.63. The van der Waals surface area contributed by atoms with Crippen LogP contribution in [0.1, 0.15) is 69.1 Å². The van der Waals surface area contributed by atoms with E-state index in [0.717, 1.165) is 12.8 Å². The van der Waals surface area contributed by atoms with Gasteiger partial charge in [-0.1, -0.05) is 86.6 Å². The fourth-order valence-electron chi connectivity index (χ4n) is 7.40. The van der Waals surface area contributed by atoms with Crippen LogP contribution in [0.4, 0.5) is 5.69 Å². The number of ether oxygens (including phenoxy) is 1. The lowest BCUT2D eigenvalue weighted by Gasteiger charge is -2.39. The number of hydrogen-bond donors (Lipinski definition) is 1. The van der Waals surface area contributed by atoms with Gasteiger partial charge in [0.2, 0.25) is 11.8 Å². The normalized spacial score (nSPS) is 19.0. The van der Waals surface area contributed by atoms with Gasteiger partial charge in [-0.15, -0.1) is 0 Å². The van der Waals surface area contributed by atoms with E-state index in [-0.39, 0.29) is 29.0 Å². The molecular weight excluding hydrogens is 620 g/mol. The Balaban J connectivity index is 1.38. The monoisotopic (exact) mass is 664 g/mol. The van der Waals surface area contributed by atoms with E-state index in [1.165, 1.54) is 36.4 Å². The molecule has 1 N–H and O–H groups in total. The zero-order chi connectivity index (χ0) is 35.2. The molecule has 5 rings (SSSR count). The highest BCUT2D eigenvalue weighted by atomic mass is 16.6. The molecule has 10 nitrogen and oxygen atoms in total. The number of rotatable bonds is 10. The molecule has 3 aromatic rings. The van der Waals surface area contributed by atoms with Crippen LogP contribution in [-0.2, 0) is 19.1 Å². The lowest BCUT2D eigenvalue weighted by atomic mass is 9.75. The Morgan fingerprint density at radius 1 is 0.918 bits per heavy atom. The Labute approximate surface area is 287 Å². The number of non-ortho nitro benzene ring substituents is 1. The van der Waals surface area contributed by atoms with E-state index in [2.05, 4.69) is 58.8 Å². The van der Waals surface area contributed by atoms with Crippen molar-refractivity contribution in [3.63, 3.8) is 0 Å². The van der Waals surface area contributed by atoms with Gasteiger partial charge in [-0.25, -0.2) is 0 Å². The summed E-state index contributed by atoms with van der Waals surface area (Å²) in [5.41, 5.74) is 3.72. The number of nitrogens with one attached hydrogen (secondary N) is 1. The fourth-order valence-corrected chi connectivity index (χ4v) is 7.40. The summed E-state index contributed by atoms with van der Waals surface area (Å²) in [6.07, 6.45) is 1.62. The van der Waals surface area contributed by atoms with Crippen molar-refractivity contribution in [1.29, 1.82) is 0 Å². The molecule has 0 saturated carbocycles. The van der Waals surface area contributed by atoms with Gasteiger partial charge >= 0.3 is 5.97 Å². The molecule has 3 unspecified atom stereocenters. The van der Waals surface area contributed by atoms with E-state index >= 15 is 0 Å². The smallest absolute Gasteiger partial charge is 0.315 e. The quantitative estimate of drug-likeness (QED) is 0.151. The number of benzene rings is 3. The Bertz CT molecular complexity index is 1710. The van der Waals surface area contributed by atoms with E-state index in [4.69, 9.17) is 4.74 Å². The molecule has 2 aliphatic heterocycles. The number of carbonyl (C=O) groups excluding carboxylic acids is 3. The lowest BCUT2D eigenvalue weighted by molar-refractivity contribution is -0.384. The highest BCUT2D eigenvalue weighted by molar-refractivity contribution is 6.08. The zero-order valence-electron chi connectivity index (χ0n) is 28.7. The van der Waals surface area contributed by atoms with Gasteiger partial charge < -0.3 is 15.0 Å². The Hall–Kier alpha value is -5.12. The number of esters is 1. The van der Waals surface area contributed by atoms with Crippen molar-refractivity contribution < 1.29 is 24.0 Å². The highest BCUT2D eigenvalue weighted by Gasteiger charge is 2.43. The maximum absolute atomic E-state index is 14.2. The second kappa shape index (κ2) is 15.4. The number of hydrogen-bond acceptors (Lipinski definition) is 7. The van der Waals surface area contributed by atoms with Crippen molar-refractivity contribution >= 4 is 29.2 Å². The van der Waals surface area contributed by atoms with Gasteiger partial charge in [-0.05, 0) is 55.2 Å². The summed E-state index contributed by atoms with van der Waals surface area (Å²) < 4.78 is 5.10. The van der Waals surface area contributed by atoms with Crippen LogP contribution in [0.3, 0.4) is 0 Å². The van der Waals surface area contributed by atoms with Crippen LogP contribution in [0, 0.1) is 27.9 Å². The molecule has 256 valence electrons. The number of carbonyl (C=O) groups is 3. The minimum atomic E-state index is -0.981. The Morgan fingerprint density at radius 2 is 1.51 bits per heavy atom. The summed E-state index contributed by atoms with van der Waals surface area (Å²) >= 11 is 0. The second-order valence-corrected chi connectivity index (χ2v) is 13.2. The molecule has 1 saturated heterocycles. The Kier molecular flexibility index (Phi) is 11.1. The predicted octanol–water partition coefficient (Wildman–Crippen LogP) is 6.43. The Morgan fingerprint density at radius 3 is 2.04 bits per heavy atom.